The molecule has 0 radical (unpaired) electrons. The molecule has 1 N–H and O–H groups in total. The SMILES string of the molecule is Cl.O=C1N[C@@H](c2c(Cl)ccc(Cl)c2F)C(F)(F)CO1. The highest BCUT2D eigenvalue weighted by atomic mass is 35.5. The molecule has 1 aromatic carbocycles. The first-order valence-electron chi connectivity index (χ1n) is 4.77. The Kier molecular flexibility index (Phi) is 4.81. The van der Waals surface area contributed by atoms with E-state index >= 15 is 0 Å². The summed E-state index contributed by atoms with van der Waals surface area (Å²) in [5.41, 5.74) is -0.550. The number of amides is 1. The third-order valence-electron chi connectivity index (χ3n) is 2.45. The van der Waals surface area contributed by atoms with Gasteiger partial charge in [-0.1, -0.05) is 23.2 Å². The van der Waals surface area contributed by atoms with E-state index in [9.17, 15) is 18.0 Å². The van der Waals surface area contributed by atoms with E-state index in [0.29, 0.717) is 0 Å². The Labute approximate surface area is 122 Å². The zero-order valence-corrected chi connectivity index (χ0v) is 11.4. The van der Waals surface area contributed by atoms with Gasteiger partial charge in [0.2, 0.25) is 0 Å². The maximum absolute atomic E-state index is 13.8. The van der Waals surface area contributed by atoms with Crippen molar-refractivity contribution < 1.29 is 22.7 Å². The molecule has 0 aromatic heterocycles. The molecule has 0 bridgehead atoms. The predicted octanol–water partition coefficient (Wildman–Crippen LogP) is 3.97. The smallest absolute Gasteiger partial charge is 0.408 e. The summed E-state index contributed by atoms with van der Waals surface area (Å²) in [5.74, 6) is -4.57. The lowest BCUT2D eigenvalue weighted by atomic mass is 9.99. The average Bonchev–Trinajstić information content (AvgIpc) is 2.29. The minimum atomic E-state index is -3.48. The van der Waals surface area contributed by atoms with E-state index in [1.807, 2.05) is 5.32 Å². The minimum Gasteiger partial charge on any atom is -0.443 e. The maximum atomic E-state index is 13.8. The zero-order chi connectivity index (χ0) is 13.5. The van der Waals surface area contributed by atoms with Gasteiger partial charge in [-0.3, -0.25) is 0 Å². The maximum Gasteiger partial charge on any atom is 0.408 e. The van der Waals surface area contributed by atoms with Crippen molar-refractivity contribution in [2.75, 3.05) is 6.61 Å². The van der Waals surface area contributed by atoms with Crippen LogP contribution in [-0.2, 0) is 4.74 Å². The van der Waals surface area contributed by atoms with E-state index in [1.54, 1.807) is 0 Å². The first-order chi connectivity index (χ1) is 8.33. The predicted molar refractivity (Wildman–Crippen MR) is 65.8 cm³/mol. The van der Waals surface area contributed by atoms with Gasteiger partial charge in [-0.2, -0.15) is 0 Å². The molecule has 0 spiro atoms. The number of hydrogen-bond acceptors (Lipinski definition) is 2. The molecular formula is C10H7Cl3F3NO2. The molecule has 1 aliphatic rings. The summed E-state index contributed by atoms with van der Waals surface area (Å²) < 4.78 is 45.2. The molecule has 1 atom stereocenters. The number of nitrogens with one attached hydrogen (secondary N) is 1. The van der Waals surface area contributed by atoms with Crippen LogP contribution < -0.4 is 5.32 Å². The monoisotopic (exact) mass is 335 g/mol. The number of alkyl halides is 2. The number of carbonyl (C=O) groups is 1. The molecule has 1 aromatic rings. The number of benzene rings is 1. The molecule has 0 saturated carbocycles. The second-order valence-corrected chi connectivity index (χ2v) is 4.49. The summed E-state index contributed by atoms with van der Waals surface area (Å²) >= 11 is 11.2. The van der Waals surface area contributed by atoms with Crippen LogP contribution in [0.15, 0.2) is 12.1 Å². The molecule has 1 amide bonds. The van der Waals surface area contributed by atoms with E-state index in [4.69, 9.17) is 23.2 Å². The molecule has 1 saturated heterocycles. The molecule has 1 aliphatic heterocycles. The Morgan fingerprint density at radius 3 is 2.53 bits per heavy atom. The Balaban J connectivity index is 0.00000180. The molecule has 1 heterocycles. The van der Waals surface area contributed by atoms with Crippen molar-refractivity contribution in [3.05, 3.63) is 33.6 Å². The van der Waals surface area contributed by atoms with Gasteiger partial charge in [0.05, 0.1) is 5.02 Å². The highest BCUT2D eigenvalue weighted by molar-refractivity contribution is 6.33. The lowest BCUT2D eigenvalue weighted by Crippen LogP contribution is -2.50. The van der Waals surface area contributed by atoms with Gasteiger partial charge in [-0.15, -0.1) is 12.4 Å². The fourth-order valence-electron chi connectivity index (χ4n) is 1.60. The van der Waals surface area contributed by atoms with Crippen LogP contribution in [0.2, 0.25) is 10.0 Å². The van der Waals surface area contributed by atoms with Crippen molar-refractivity contribution in [3.8, 4) is 0 Å². The number of carbonyl (C=O) groups excluding carboxylic acids is 1. The van der Waals surface area contributed by atoms with Gasteiger partial charge >= 0.3 is 12.0 Å². The lowest BCUT2D eigenvalue weighted by Gasteiger charge is -2.32. The Morgan fingerprint density at radius 2 is 1.89 bits per heavy atom. The highest BCUT2D eigenvalue weighted by Crippen LogP contribution is 2.40. The van der Waals surface area contributed by atoms with Crippen molar-refractivity contribution in [2.45, 2.75) is 12.0 Å². The first-order valence-corrected chi connectivity index (χ1v) is 5.53. The normalized spacial score (nSPS) is 21.1. The van der Waals surface area contributed by atoms with Crippen molar-refractivity contribution in [1.82, 2.24) is 5.32 Å². The average molecular weight is 337 g/mol. The van der Waals surface area contributed by atoms with Crippen molar-refractivity contribution in [1.29, 1.82) is 0 Å². The molecule has 0 aliphatic carbocycles. The summed E-state index contributed by atoms with van der Waals surface area (Å²) in [5, 5.41) is 1.24. The number of rotatable bonds is 1. The van der Waals surface area contributed by atoms with E-state index in [2.05, 4.69) is 4.74 Å². The second-order valence-electron chi connectivity index (χ2n) is 3.67. The standard InChI is InChI=1S/C10H6Cl2F3NO2.ClH/c11-4-1-2-5(12)7(13)6(4)8-10(14,15)3-18-9(17)16-8;/h1-2,8H,3H2,(H,16,17);1H/t8-;/m0./s1. The number of halogens is 6. The van der Waals surface area contributed by atoms with Gasteiger partial charge in [0, 0.05) is 10.6 Å². The van der Waals surface area contributed by atoms with Crippen LogP contribution in [0, 0.1) is 5.82 Å². The van der Waals surface area contributed by atoms with Crippen molar-refractivity contribution in [2.24, 2.45) is 0 Å². The Morgan fingerprint density at radius 1 is 1.32 bits per heavy atom. The molecular weight excluding hydrogens is 329 g/mol. The molecule has 3 nitrogen and oxygen atoms in total. The quantitative estimate of drug-likeness (QED) is 0.788. The van der Waals surface area contributed by atoms with E-state index in [-0.39, 0.29) is 22.5 Å². The minimum absolute atomic E-state index is 0. The fraction of sp³-hybridized carbons (Fsp3) is 0.300. The number of hydrogen-bond donors (Lipinski definition) is 1. The van der Waals surface area contributed by atoms with Crippen molar-refractivity contribution in [3.63, 3.8) is 0 Å². The van der Waals surface area contributed by atoms with Gasteiger partial charge in [0.1, 0.15) is 11.9 Å². The Hall–Kier alpha value is -0.850. The van der Waals surface area contributed by atoms with Crippen LogP contribution in [0.1, 0.15) is 11.6 Å². The largest absolute Gasteiger partial charge is 0.443 e. The van der Waals surface area contributed by atoms with Crippen LogP contribution in [0.5, 0.6) is 0 Å². The summed E-state index contributed by atoms with van der Waals surface area (Å²) in [6.07, 6.45) is -1.07. The van der Waals surface area contributed by atoms with Gasteiger partial charge in [0.25, 0.3) is 0 Å². The van der Waals surface area contributed by atoms with Crippen LogP contribution in [0.25, 0.3) is 0 Å². The van der Waals surface area contributed by atoms with Gasteiger partial charge < -0.3 is 10.1 Å². The van der Waals surface area contributed by atoms with Crippen molar-refractivity contribution >= 4 is 41.7 Å². The number of ether oxygens (including phenoxy) is 1. The molecule has 106 valence electrons. The van der Waals surface area contributed by atoms with Crippen LogP contribution in [0.3, 0.4) is 0 Å². The zero-order valence-electron chi connectivity index (χ0n) is 9.05. The molecule has 19 heavy (non-hydrogen) atoms. The van der Waals surface area contributed by atoms with Gasteiger partial charge in [0.15, 0.2) is 6.61 Å². The second kappa shape index (κ2) is 5.64. The summed E-state index contributed by atoms with van der Waals surface area (Å²) in [6, 6.07) is 0.409. The van der Waals surface area contributed by atoms with E-state index in [1.165, 1.54) is 6.07 Å². The van der Waals surface area contributed by atoms with Gasteiger partial charge in [-0.05, 0) is 12.1 Å². The third-order valence-corrected chi connectivity index (χ3v) is 3.07. The first kappa shape index (κ1) is 16.2. The number of alkyl carbamates (subject to hydrolysis) is 1. The highest BCUT2D eigenvalue weighted by Gasteiger charge is 2.48. The summed E-state index contributed by atoms with van der Waals surface area (Å²) in [6.45, 7) is -1.15. The molecule has 2 rings (SSSR count). The van der Waals surface area contributed by atoms with Crippen LogP contribution in [0.4, 0.5) is 18.0 Å². The number of cyclic esters (lactones) is 1. The molecule has 0 unspecified atom stereocenters. The molecule has 9 heteroatoms. The fourth-order valence-corrected chi connectivity index (χ4v) is 2.02. The lowest BCUT2D eigenvalue weighted by molar-refractivity contribution is -0.104. The Bertz CT molecular complexity index is 513. The summed E-state index contributed by atoms with van der Waals surface area (Å²) in [4.78, 5) is 11.0. The van der Waals surface area contributed by atoms with E-state index < -0.39 is 36.0 Å². The van der Waals surface area contributed by atoms with E-state index in [0.717, 1.165) is 6.07 Å². The molecule has 1 fully saturated rings. The van der Waals surface area contributed by atoms with Crippen LogP contribution >= 0.6 is 35.6 Å². The summed E-state index contributed by atoms with van der Waals surface area (Å²) in [7, 11) is 0. The third kappa shape index (κ3) is 3.01. The van der Waals surface area contributed by atoms with Gasteiger partial charge in [-0.25, -0.2) is 18.0 Å². The van der Waals surface area contributed by atoms with Crippen LogP contribution in [-0.4, -0.2) is 18.6 Å². The topological polar surface area (TPSA) is 38.3 Å².